The highest BCUT2D eigenvalue weighted by molar-refractivity contribution is 9.10. The average molecular weight is 400 g/mol. The molecular weight excluding hydrogens is 380 g/mol. The van der Waals surface area contributed by atoms with Crippen molar-refractivity contribution in [3.63, 3.8) is 0 Å². The number of piperazine rings is 1. The van der Waals surface area contributed by atoms with Crippen LogP contribution in [0.15, 0.2) is 34.9 Å². The molecule has 7 heteroatoms. The maximum Gasteiger partial charge on any atom is 0.257 e. The van der Waals surface area contributed by atoms with Gasteiger partial charge in [0.2, 0.25) is 0 Å². The Labute approximate surface area is 150 Å². The molecule has 1 atom stereocenters. The van der Waals surface area contributed by atoms with Crippen molar-refractivity contribution in [2.24, 2.45) is 0 Å². The van der Waals surface area contributed by atoms with Gasteiger partial charge in [-0.2, -0.15) is 5.10 Å². The van der Waals surface area contributed by atoms with Crippen molar-refractivity contribution in [2.45, 2.75) is 19.9 Å². The van der Waals surface area contributed by atoms with E-state index in [9.17, 15) is 4.79 Å². The molecule has 1 aliphatic rings. The summed E-state index contributed by atoms with van der Waals surface area (Å²) in [6, 6.07) is 8.20. The van der Waals surface area contributed by atoms with Crippen molar-refractivity contribution in [1.82, 2.24) is 20.0 Å². The molecule has 0 aliphatic carbocycles. The van der Waals surface area contributed by atoms with Gasteiger partial charge in [0, 0.05) is 36.3 Å². The zero-order valence-electron chi connectivity index (χ0n) is 13.1. The lowest BCUT2D eigenvalue weighted by Gasteiger charge is -2.31. The number of halogens is 2. The van der Waals surface area contributed by atoms with E-state index in [1.807, 2.05) is 42.3 Å². The molecule has 1 fully saturated rings. The lowest BCUT2D eigenvalue weighted by Crippen LogP contribution is -2.51. The lowest BCUT2D eigenvalue weighted by molar-refractivity contribution is 0.0708. The fourth-order valence-electron chi connectivity index (χ4n) is 2.68. The summed E-state index contributed by atoms with van der Waals surface area (Å²) in [4.78, 5) is 14.6. The van der Waals surface area contributed by atoms with E-state index in [1.54, 1.807) is 4.68 Å². The molecular formula is C16H20BrClN4O. The molecule has 124 valence electrons. The summed E-state index contributed by atoms with van der Waals surface area (Å²) in [7, 11) is 0. The zero-order valence-corrected chi connectivity index (χ0v) is 15.5. The predicted octanol–water partition coefficient (Wildman–Crippen LogP) is 2.80. The SMILES string of the molecule is Cc1nn(-c2ccc(Br)cc2)cc1C(=O)N1CCN[C@H](C)C1.Cl. The molecule has 1 aliphatic heterocycles. The van der Waals surface area contributed by atoms with E-state index in [1.165, 1.54) is 0 Å². The lowest BCUT2D eigenvalue weighted by atomic mass is 10.2. The van der Waals surface area contributed by atoms with Gasteiger partial charge >= 0.3 is 0 Å². The molecule has 1 amide bonds. The van der Waals surface area contributed by atoms with E-state index in [0.717, 1.165) is 35.5 Å². The third-order valence-electron chi connectivity index (χ3n) is 3.88. The van der Waals surface area contributed by atoms with Crippen LogP contribution < -0.4 is 5.32 Å². The van der Waals surface area contributed by atoms with Crippen LogP contribution in [0.1, 0.15) is 23.0 Å². The van der Waals surface area contributed by atoms with Crippen LogP contribution in [0.4, 0.5) is 0 Å². The van der Waals surface area contributed by atoms with Crippen molar-refractivity contribution >= 4 is 34.2 Å². The molecule has 0 spiro atoms. The number of hydrogen-bond donors (Lipinski definition) is 1. The number of carbonyl (C=O) groups excluding carboxylic acids is 1. The minimum Gasteiger partial charge on any atom is -0.336 e. The van der Waals surface area contributed by atoms with Crippen molar-refractivity contribution in [1.29, 1.82) is 0 Å². The number of benzene rings is 1. The third kappa shape index (κ3) is 3.94. The summed E-state index contributed by atoms with van der Waals surface area (Å²) in [5, 5.41) is 7.83. The highest BCUT2D eigenvalue weighted by Crippen LogP contribution is 2.17. The molecule has 23 heavy (non-hydrogen) atoms. The number of hydrogen-bond acceptors (Lipinski definition) is 3. The largest absolute Gasteiger partial charge is 0.336 e. The molecule has 0 unspecified atom stereocenters. The Balaban J connectivity index is 0.00000192. The summed E-state index contributed by atoms with van der Waals surface area (Å²) in [6.07, 6.45) is 1.83. The number of amides is 1. The second-order valence-electron chi connectivity index (χ2n) is 5.66. The number of nitrogens with zero attached hydrogens (tertiary/aromatic N) is 3. The molecule has 1 aromatic heterocycles. The summed E-state index contributed by atoms with van der Waals surface area (Å²) in [5.74, 6) is 0.0641. The zero-order chi connectivity index (χ0) is 15.7. The second-order valence-corrected chi connectivity index (χ2v) is 6.57. The van der Waals surface area contributed by atoms with Crippen LogP contribution in [0.25, 0.3) is 5.69 Å². The van der Waals surface area contributed by atoms with Gasteiger partial charge in [0.1, 0.15) is 0 Å². The molecule has 1 aromatic carbocycles. The van der Waals surface area contributed by atoms with Gasteiger partial charge in [0.15, 0.2) is 0 Å². The van der Waals surface area contributed by atoms with Gasteiger partial charge in [0.25, 0.3) is 5.91 Å². The van der Waals surface area contributed by atoms with Crippen LogP contribution >= 0.6 is 28.3 Å². The highest BCUT2D eigenvalue weighted by Gasteiger charge is 2.24. The van der Waals surface area contributed by atoms with E-state index >= 15 is 0 Å². The van der Waals surface area contributed by atoms with Gasteiger partial charge in [0.05, 0.1) is 16.9 Å². The first kappa shape index (κ1) is 18.0. The van der Waals surface area contributed by atoms with Gasteiger partial charge < -0.3 is 10.2 Å². The van der Waals surface area contributed by atoms with Crippen molar-refractivity contribution in [2.75, 3.05) is 19.6 Å². The van der Waals surface area contributed by atoms with Crippen molar-refractivity contribution < 1.29 is 4.79 Å². The summed E-state index contributed by atoms with van der Waals surface area (Å²) < 4.78 is 2.78. The van der Waals surface area contributed by atoms with Crippen LogP contribution in [-0.2, 0) is 0 Å². The maximum absolute atomic E-state index is 12.7. The highest BCUT2D eigenvalue weighted by atomic mass is 79.9. The number of nitrogens with one attached hydrogen (secondary N) is 1. The molecule has 1 saturated heterocycles. The van der Waals surface area contributed by atoms with E-state index in [4.69, 9.17) is 0 Å². The first-order chi connectivity index (χ1) is 10.5. The van der Waals surface area contributed by atoms with Crippen LogP contribution in [0.5, 0.6) is 0 Å². The molecule has 2 aromatic rings. The first-order valence-corrected chi connectivity index (χ1v) is 8.19. The van der Waals surface area contributed by atoms with E-state index < -0.39 is 0 Å². The summed E-state index contributed by atoms with van der Waals surface area (Å²) in [5.41, 5.74) is 2.38. The maximum atomic E-state index is 12.7. The Bertz CT molecular complexity index is 686. The van der Waals surface area contributed by atoms with Gasteiger partial charge in [-0.25, -0.2) is 4.68 Å². The van der Waals surface area contributed by atoms with Gasteiger partial charge in [-0.3, -0.25) is 4.79 Å². The third-order valence-corrected chi connectivity index (χ3v) is 4.41. The Kier molecular flexibility index (Phi) is 5.84. The smallest absolute Gasteiger partial charge is 0.257 e. The second kappa shape index (κ2) is 7.47. The van der Waals surface area contributed by atoms with Crippen molar-refractivity contribution in [3.8, 4) is 5.69 Å². The Hall–Kier alpha value is -1.37. The first-order valence-electron chi connectivity index (χ1n) is 7.39. The van der Waals surface area contributed by atoms with Crippen molar-refractivity contribution in [3.05, 3.63) is 46.2 Å². The Morgan fingerprint density at radius 1 is 1.35 bits per heavy atom. The number of aromatic nitrogens is 2. The molecule has 2 heterocycles. The average Bonchev–Trinajstić information content (AvgIpc) is 2.89. The molecule has 0 bridgehead atoms. The van der Waals surface area contributed by atoms with Gasteiger partial charge in [-0.15, -0.1) is 12.4 Å². The standard InChI is InChI=1S/C16H19BrN4O.ClH/c1-11-9-20(8-7-18-11)16(22)15-10-21(19-12(15)2)14-5-3-13(17)4-6-14;/h3-6,10-11,18H,7-9H2,1-2H3;1H/t11-;/m1./s1. The van der Waals surface area contributed by atoms with Crippen LogP contribution in [0.3, 0.4) is 0 Å². The van der Waals surface area contributed by atoms with E-state index in [0.29, 0.717) is 11.6 Å². The molecule has 0 saturated carbocycles. The number of carbonyl (C=O) groups is 1. The fourth-order valence-corrected chi connectivity index (χ4v) is 2.95. The van der Waals surface area contributed by atoms with Crippen LogP contribution in [0.2, 0.25) is 0 Å². The number of aryl methyl sites for hydroxylation is 1. The summed E-state index contributed by atoms with van der Waals surface area (Å²) >= 11 is 3.42. The topological polar surface area (TPSA) is 50.2 Å². The Morgan fingerprint density at radius 3 is 2.70 bits per heavy atom. The minimum absolute atomic E-state index is 0. The van der Waals surface area contributed by atoms with Crippen LogP contribution in [0, 0.1) is 6.92 Å². The predicted molar refractivity (Wildman–Crippen MR) is 96.6 cm³/mol. The summed E-state index contributed by atoms with van der Waals surface area (Å²) in [6.45, 7) is 6.30. The van der Waals surface area contributed by atoms with Gasteiger partial charge in [-0.1, -0.05) is 15.9 Å². The van der Waals surface area contributed by atoms with E-state index in [2.05, 4.69) is 33.3 Å². The Morgan fingerprint density at radius 2 is 2.04 bits per heavy atom. The van der Waals surface area contributed by atoms with Gasteiger partial charge in [-0.05, 0) is 38.1 Å². The van der Waals surface area contributed by atoms with E-state index in [-0.39, 0.29) is 18.3 Å². The molecule has 1 N–H and O–H groups in total. The van der Waals surface area contributed by atoms with Crippen LogP contribution in [-0.4, -0.2) is 46.3 Å². The molecule has 0 radical (unpaired) electrons. The normalized spacial score (nSPS) is 17.7. The quantitative estimate of drug-likeness (QED) is 0.845. The monoisotopic (exact) mass is 398 g/mol. The molecule has 3 rings (SSSR count). The fraction of sp³-hybridized carbons (Fsp3) is 0.375. The number of rotatable bonds is 2. The molecule has 5 nitrogen and oxygen atoms in total. The minimum atomic E-state index is 0.